The minimum absolute atomic E-state index is 0.285. The summed E-state index contributed by atoms with van der Waals surface area (Å²) in [6.45, 7) is 6.73. The number of sulfonamides is 1. The lowest BCUT2D eigenvalue weighted by Gasteiger charge is -2.27. The fourth-order valence-electron chi connectivity index (χ4n) is 3.32. The van der Waals surface area contributed by atoms with E-state index in [4.69, 9.17) is 4.52 Å². The second-order valence-corrected chi connectivity index (χ2v) is 8.12. The molecule has 3 rings (SSSR count). The molecule has 2 aromatic rings. The van der Waals surface area contributed by atoms with Crippen LogP contribution in [0.5, 0.6) is 0 Å². The molecule has 7 nitrogen and oxygen atoms in total. The van der Waals surface area contributed by atoms with Crippen molar-refractivity contribution in [1.82, 2.24) is 19.2 Å². The van der Waals surface area contributed by atoms with Gasteiger partial charge in [-0.3, -0.25) is 4.68 Å². The van der Waals surface area contributed by atoms with Crippen LogP contribution in [0.1, 0.15) is 55.8 Å². The van der Waals surface area contributed by atoms with E-state index in [1.807, 2.05) is 19.9 Å². The lowest BCUT2D eigenvalue weighted by atomic mass is 10.1. The standard InChI is InChI=1S/C16H24N4O3S/c1-4-19-13(3)16(11-17-19)24(21,22)20-9-7-5-6-8-14(20)15-10-12(2)18-23-15/h10-11,14H,4-9H2,1-3H3/t14-/m1/s1. The predicted molar refractivity (Wildman–Crippen MR) is 89.0 cm³/mol. The first-order valence-corrected chi connectivity index (χ1v) is 9.86. The molecule has 1 fully saturated rings. The Morgan fingerprint density at radius 1 is 1.29 bits per heavy atom. The van der Waals surface area contributed by atoms with Gasteiger partial charge in [0.25, 0.3) is 0 Å². The number of hydrogen-bond donors (Lipinski definition) is 0. The van der Waals surface area contributed by atoms with Crippen LogP contribution in [0.3, 0.4) is 0 Å². The van der Waals surface area contributed by atoms with E-state index in [-0.39, 0.29) is 10.9 Å². The molecule has 0 N–H and O–H groups in total. The van der Waals surface area contributed by atoms with Gasteiger partial charge in [0.05, 0.1) is 23.6 Å². The number of aromatic nitrogens is 3. The fraction of sp³-hybridized carbons (Fsp3) is 0.625. The van der Waals surface area contributed by atoms with Gasteiger partial charge < -0.3 is 4.52 Å². The normalized spacial score (nSPS) is 20.2. The Morgan fingerprint density at radius 3 is 2.71 bits per heavy atom. The Morgan fingerprint density at radius 2 is 2.08 bits per heavy atom. The van der Waals surface area contributed by atoms with E-state index in [1.165, 1.54) is 6.20 Å². The van der Waals surface area contributed by atoms with Crippen molar-refractivity contribution in [2.24, 2.45) is 0 Å². The van der Waals surface area contributed by atoms with Crippen LogP contribution >= 0.6 is 0 Å². The van der Waals surface area contributed by atoms with Gasteiger partial charge in [-0.05, 0) is 33.6 Å². The summed E-state index contributed by atoms with van der Waals surface area (Å²) in [5.74, 6) is 0.624. The summed E-state index contributed by atoms with van der Waals surface area (Å²) >= 11 is 0. The third-order valence-corrected chi connectivity index (χ3v) is 6.63. The molecule has 0 radical (unpaired) electrons. The summed E-state index contributed by atoms with van der Waals surface area (Å²) < 4.78 is 35.3. The van der Waals surface area contributed by atoms with Crippen LogP contribution in [-0.4, -0.2) is 34.2 Å². The van der Waals surface area contributed by atoms with E-state index in [0.29, 0.717) is 24.5 Å². The summed E-state index contributed by atoms with van der Waals surface area (Å²) in [5, 5.41) is 8.13. The minimum Gasteiger partial charge on any atom is -0.359 e. The van der Waals surface area contributed by atoms with Gasteiger partial charge in [-0.25, -0.2) is 8.42 Å². The van der Waals surface area contributed by atoms with Gasteiger partial charge in [-0.2, -0.15) is 9.40 Å². The molecule has 3 heterocycles. The SMILES string of the molecule is CCn1ncc(S(=O)(=O)N2CCCCC[C@@H]2c2cc(C)no2)c1C. The molecule has 0 unspecified atom stereocenters. The molecule has 0 aromatic carbocycles. The molecular weight excluding hydrogens is 328 g/mol. The Bertz CT molecular complexity index is 809. The van der Waals surface area contributed by atoms with Crippen LogP contribution in [0.4, 0.5) is 0 Å². The highest BCUT2D eigenvalue weighted by molar-refractivity contribution is 7.89. The Hall–Kier alpha value is -1.67. The third-order valence-electron chi connectivity index (χ3n) is 4.62. The highest BCUT2D eigenvalue weighted by Crippen LogP contribution is 2.35. The molecule has 8 heteroatoms. The summed E-state index contributed by atoms with van der Waals surface area (Å²) in [6, 6.07) is 1.53. The zero-order valence-electron chi connectivity index (χ0n) is 14.4. The lowest BCUT2D eigenvalue weighted by molar-refractivity contribution is 0.258. The van der Waals surface area contributed by atoms with Crippen LogP contribution in [0.15, 0.2) is 21.7 Å². The first kappa shape index (κ1) is 17.2. The van der Waals surface area contributed by atoms with E-state index in [9.17, 15) is 8.42 Å². The lowest BCUT2D eigenvalue weighted by Crippen LogP contribution is -2.35. The summed E-state index contributed by atoms with van der Waals surface area (Å²) in [7, 11) is -3.63. The monoisotopic (exact) mass is 352 g/mol. The Balaban J connectivity index is 2.03. The van der Waals surface area contributed by atoms with Crippen molar-refractivity contribution in [2.75, 3.05) is 6.54 Å². The molecule has 0 amide bonds. The molecule has 1 aliphatic rings. The average molecular weight is 352 g/mol. The van der Waals surface area contributed by atoms with E-state index < -0.39 is 10.0 Å². The van der Waals surface area contributed by atoms with E-state index in [2.05, 4.69) is 10.3 Å². The van der Waals surface area contributed by atoms with Gasteiger partial charge in [0.1, 0.15) is 4.90 Å². The fourth-order valence-corrected chi connectivity index (χ4v) is 5.15. The Labute approximate surface area is 142 Å². The molecule has 132 valence electrons. The topological polar surface area (TPSA) is 81.2 Å². The smallest absolute Gasteiger partial charge is 0.247 e. The number of aryl methyl sites for hydroxylation is 2. The molecule has 0 saturated carbocycles. The van der Waals surface area contributed by atoms with Gasteiger partial charge in [-0.15, -0.1) is 0 Å². The van der Waals surface area contributed by atoms with Crippen molar-refractivity contribution in [2.45, 2.75) is 63.9 Å². The first-order chi connectivity index (χ1) is 11.4. The number of nitrogens with zero attached hydrogens (tertiary/aromatic N) is 4. The second kappa shape index (κ2) is 6.68. The predicted octanol–water partition coefficient (Wildman–Crippen LogP) is 2.81. The summed E-state index contributed by atoms with van der Waals surface area (Å²) in [5.41, 5.74) is 1.44. The van der Waals surface area contributed by atoms with Crippen LogP contribution in [-0.2, 0) is 16.6 Å². The molecule has 2 aromatic heterocycles. The molecule has 0 bridgehead atoms. The highest BCUT2D eigenvalue weighted by atomic mass is 32.2. The van der Waals surface area contributed by atoms with Crippen LogP contribution in [0.2, 0.25) is 0 Å². The van der Waals surface area contributed by atoms with Gasteiger partial charge in [0, 0.05) is 19.2 Å². The van der Waals surface area contributed by atoms with Gasteiger partial charge in [0.15, 0.2) is 5.76 Å². The van der Waals surface area contributed by atoms with Crippen LogP contribution in [0, 0.1) is 13.8 Å². The molecule has 0 aliphatic carbocycles. The molecule has 24 heavy (non-hydrogen) atoms. The van der Waals surface area contributed by atoms with Gasteiger partial charge in [-0.1, -0.05) is 18.0 Å². The maximum atomic E-state index is 13.3. The van der Waals surface area contributed by atoms with Crippen LogP contribution in [0.25, 0.3) is 0 Å². The van der Waals surface area contributed by atoms with Crippen LogP contribution < -0.4 is 0 Å². The minimum atomic E-state index is -3.63. The maximum absolute atomic E-state index is 13.3. The number of hydrogen-bond acceptors (Lipinski definition) is 5. The van der Waals surface area contributed by atoms with Crippen molar-refractivity contribution in [3.63, 3.8) is 0 Å². The van der Waals surface area contributed by atoms with Gasteiger partial charge in [0.2, 0.25) is 10.0 Å². The van der Waals surface area contributed by atoms with Crippen molar-refractivity contribution in [1.29, 1.82) is 0 Å². The largest absolute Gasteiger partial charge is 0.359 e. The molecule has 0 spiro atoms. The average Bonchev–Trinajstić information content (AvgIpc) is 3.04. The van der Waals surface area contributed by atoms with Crippen molar-refractivity contribution < 1.29 is 12.9 Å². The summed E-state index contributed by atoms with van der Waals surface area (Å²) in [6.07, 6.45) is 5.05. The molecular formula is C16H24N4O3S. The zero-order chi connectivity index (χ0) is 17.3. The van der Waals surface area contributed by atoms with Gasteiger partial charge >= 0.3 is 0 Å². The molecule has 1 saturated heterocycles. The summed E-state index contributed by atoms with van der Waals surface area (Å²) in [4.78, 5) is 0.285. The Kier molecular flexibility index (Phi) is 4.78. The first-order valence-electron chi connectivity index (χ1n) is 8.42. The van der Waals surface area contributed by atoms with E-state index >= 15 is 0 Å². The highest BCUT2D eigenvalue weighted by Gasteiger charge is 2.37. The molecule has 1 atom stereocenters. The third kappa shape index (κ3) is 3.00. The van der Waals surface area contributed by atoms with Crippen molar-refractivity contribution >= 4 is 10.0 Å². The van der Waals surface area contributed by atoms with Crippen molar-refractivity contribution in [3.05, 3.63) is 29.4 Å². The quantitative estimate of drug-likeness (QED) is 0.845. The van der Waals surface area contributed by atoms with Crippen molar-refractivity contribution in [3.8, 4) is 0 Å². The zero-order valence-corrected chi connectivity index (χ0v) is 15.2. The number of rotatable bonds is 4. The molecule has 1 aliphatic heterocycles. The van der Waals surface area contributed by atoms with E-state index in [0.717, 1.165) is 31.4 Å². The maximum Gasteiger partial charge on any atom is 0.247 e. The second-order valence-electron chi connectivity index (χ2n) is 6.26. The van der Waals surface area contributed by atoms with E-state index in [1.54, 1.807) is 15.9 Å².